The topological polar surface area (TPSA) is 67.0 Å². The number of carbonyl (C=O) groups excluding carboxylic acids is 1. The fraction of sp³-hybridized carbons (Fsp3) is 0.176. The Morgan fingerprint density at radius 1 is 1.24 bits per heavy atom. The number of nitrogens with one attached hydrogen (secondary N) is 2. The molecule has 1 aromatic heterocycles. The number of aromatic nitrogens is 2. The third-order valence-corrected chi connectivity index (χ3v) is 3.96. The van der Waals surface area contributed by atoms with Crippen LogP contribution < -0.4 is 10.1 Å². The predicted octanol–water partition coefficient (Wildman–Crippen LogP) is 4.09. The molecule has 0 saturated carbocycles. The highest BCUT2D eigenvalue weighted by molar-refractivity contribution is 6.35. The van der Waals surface area contributed by atoms with E-state index in [1.54, 1.807) is 24.3 Å². The number of benzene rings is 2. The molecule has 3 aromatic rings. The van der Waals surface area contributed by atoms with Gasteiger partial charge in [0.05, 0.1) is 35.6 Å². The summed E-state index contributed by atoms with van der Waals surface area (Å²) in [6, 6.07) is 9.16. The smallest absolute Gasteiger partial charge is 0.223 e. The molecule has 0 atom stereocenters. The number of fused-ring (bicyclic) bond motifs is 1. The Bertz CT molecular complexity index is 914. The maximum Gasteiger partial charge on any atom is 0.223 e. The lowest BCUT2D eigenvalue weighted by Crippen LogP contribution is -2.25. The average molecular weight is 382 g/mol. The van der Waals surface area contributed by atoms with Crippen LogP contribution in [0, 0.1) is 5.82 Å². The second-order valence-electron chi connectivity index (χ2n) is 5.29. The first-order valence-corrected chi connectivity index (χ1v) is 8.25. The number of H-pyrrole nitrogens is 1. The highest BCUT2D eigenvalue weighted by atomic mass is 35.5. The number of hydrogen-bond donors (Lipinski definition) is 2. The second-order valence-corrected chi connectivity index (χ2v) is 6.14. The Morgan fingerprint density at radius 3 is 2.88 bits per heavy atom. The summed E-state index contributed by atoms with van der Waals surface area (Å²) in [4.78, 5) is 19.1. The fourth-order valence-corrected chi connectivity index (χ4v) is 2.70. The molecule has 0 aliphatic rings. The normalized spacial score (nSPS) is 10.8. The standard InChI is InChI=1S/C17H14Cl2FN3O2/c18-10-1-4-15(12(19)7-10)25-6-5-17(24)21-9-16-22-13-3-2-11(20)8-14(13)23-16/h1-4,7-8H,5-6,9H2,(H,21,24)(H,22,23). The molecule has 3 rings (SSSR count). The van der Waals surface area contributed by atoms with Gasteiger partial charge < -0.3 is 15.0 Å². The van der Waals surface area contributed by atoms with Gasteiger partial charge in [-0.15, -0.1) is 0 Å². The molecule has 5 nitrogen and oxygen atoms in total. The summed E-state index contributed by atoms with van der Waals surface area (Å²) < 4.78 is 18.6. The molecule has 1 heterocycles. The van der Waals surface area contributed by atoms with Crippen molar-refractivity contribution in [1.82, 2.24) is 15.3 Å². The number of amides is 1. The van der Waals surface area contributed by atoms with Crippen molar-refractivity contribution in [1.29, 1.82) is 0 Å². The van der Waals surface area contributed by atoms with E-state index in [9.17, 15) is 9.18 Å². The van der Waals surface area contributed by atoms with E-state index in [2.05, 4.69) is 15.3 Å². The number of carbonyl (C=O) groups is 1. The monoisotopic (exact) mass is 381 g/mol. The van der Waals surface area contributed by atoms with Crippen molar-refractivity contribution < 1.29 is 13.9 Å². The minimum atomic E-state index is -0.343. The predicted molar refractivity (Wildman–Crippen MR) is 94.5 cm³/mol. The molecule has 1 amide bonds. The number of aromatic amines is 1. The van der Waals surface area contributed by atoms with Crippen LogP contribution >= 0.6 is 23.2 Å². The molecule has 0 aliphatic heterocycles. The zero-order chi connectivity index (χ0) is 17.8. The van der Waals surface area contributed by atoms with Crippen LogP contribution in [0.25, 0.3) is 11.0 Å². The molecule has 0 unspecified atom stereocenters. The molecule has 0 saturated heterocycles. The van der Waals surface area contributed by atoms with E-state index in [1.165, 1.54) is 12.1 Å². The van der Waals surface area contributed by atoms with E-state index >= 15 is 0 Å². The van der Waals surface area contributed by atoms with Gasteiger partial charge in [-0.3, -0.25) is 4.79 Å². The van der Waals surface area contributed by atoms with Crippen molar-refractivity contribution in [2.75, 3.05) is 6.61 Å². The van der Waals surface area contributed by atoms with Crippen molar-refractivity contribution in [3.63, 3.8) is 0 Å². The van der Waals surface area contributed by atoms with Gasteiger partial charge in [0.15, 0.2) is 0 Å². The third kappa shape index (κ3) is 4.61. The third-order valence-electron chi connectivity index (χ3n) is 3.43. The molecule has 25 heavy (non-hydrogen) atoms. The minimum absolute atomic E-state index is 0.161. The van der Waals surface area contributed by atoms with Gasteiger partial charge >= 0.3 is 0 Å². The molecule has 0 spiro atoms. The van der Waals surface area contributed by atoms with Gasteiger partial charge in [0, 0.05) is 5.02 Å². The molecule has 8 heteroatoms. The largest absolute Gasteiger partial charge is 0.491 e. The molecule has 130 valence electrons. The highest BCUT2D eigenvalue weighted by Crippen LogP contribution is 2.27. The van der Waals surface area contributed by atoms with Gasteiger partial charge in [-0.1, -0.05) is 23.2 Å². The molecule has 0 bridgehead atoms. The molecular weight excluding hydrogens is 368 g/mol. The summed E-state index contributed by atoms with van der Waals surface area (Å²) in [5.74, 6) is 0.482. The molecule has 0 radical (unpaired) electrons. The Morgan fingerprint density at radius 2 is 2.08 bits per heavy atom. The summed E-state index contributed by atoms with van der Waals surface area (Å²) >= 11 is 11.8. The summed E-state index contributed by atoms with van der Waals surface area (Å²) in [6.45, 7) is 0.398. The van der Waals surface area contributed by atoms with Gasteiger partial charge in [0.1, 0.15) is 17.4 Å². The summed E-state index contributed by atoms with van der Waals surface area (Å²) in [7, 11) is 0. The van der Waals surface area contributed by atoms with Crippen molar-refractivity contribution in [2.45, 2.75) is 13.0 Å². The minimum Gasteiger partial charge on any atom is -0.491 e. The fourth-order valence-electron chi connectivity index (χ4n) is 2.24. The number of halogens is 3. The number of rotatable bonds is 6. The van der Waals surface area contributed by atoms with Gasteiger partial charge in [0.2, 0.25) is 5.91 Å². The van der Waals surface area contributed by atoms with Crippen LogP contribution in [0.4, 0.5) is 4.39 Å². The first kappa shape index (κ1) is 17.5. The maximum absolute atomic E-state index is 13.1. The Balaban J connectivity index is 1.47. The van der Waals surface area contributed by atoms with E-state index in [1.807, 2.05) is 0 Å². The number of imidazole rings is 1. The van der Waals surface area contributed by atoms with Gasteiger partial charge in [-0.25, -0.2) is 9.37 Å². The van der Waals surface area contributed by atoms with Crippen LogP contribution in [-0.2, 0) is 11.3 Å². The lowest BCUT2D eigenvalue weighted by atomic mass is 10.3. The molecule has 0 fully saturated rings. The van der Waals surface area contributed by atoms with Crippen molar-refractivity contribution in [2.24, 2.45) is 0 Å². The Hall–Kier alpha value is -2.31. The Labute approximate surface area is 153 Å². The number of hydrogen-bond acceptors (Lipinski definition) is 3. The second kappa shape index (κ2) is 7.72. The van der Waals surface area contributed by atoms with Crippen LogP contribution in [0.15, 0.2) is 36.4 Å². The van der Waals surface area contributed by atoms with Crippen LogP contribution in [0.5, 0.6) is 5.75 Å². The van der Waals surface area contributed by atoms with Gasteiger partial charge in [0.25, 0.3) is 0 Å². The Kier molecular flexibility index (Phi) is 5.40. The van der Waals surface area contributed by atoms with E-state index in [0.717, 1.165) is 0 Å². The van der Waals surface area contributed by atoms with E-state index < -0.39 is 0 Å². The number of ether oxygens (including phenoxy) is 1. The van der Waals surface area contributed by atoms with Gasteiger partial charge in [-0.2, -0.15) is 0 Å². The van der Waals surface area contributed by atoms with E-state index in [4.69, 9.17) is 27.9 Å². The number of nitrogens with zero attached hydrogens (tertiary/aromatic N) is 1. The lowest BCUT2D eigenvalue weighted by molar-refractivity contribution is -0.121. The zero-order valence-electron chi connectivity index (χ0n) is 13.0. The summed E-state index contributed by atoms with van der Waals surface area (Å²) in [5, 5.41) is 3.63. The van der Waals surface area contributed by atoms with Crippen molar-refractivity contribution in [3.8, 4) is 5.75 Å². The highest BCUT2D eigenvalue weighted by Gasteiger charge is 2.08. The molecule has 0 aliphatic carbocycles. The van der Waals surface area contributed by atoms with Crippen LogP contribution in [0.3, 0.4) is 0 Å². The van der Waals surface area contributed by atoms with E-state index in [-0.39, 0.29) is 31.3 Å². The molecule has 2 N–H and O–H groups in total. The van der Waals surface area contributed by atoms with Crippen LogP contribution in [0.1, 0.15) is 12.2 Å². The SMILES string of the molecule is O=C(CCOc1ccc(Cl)cc1Cl)NCc1nc2ccc(F)cc2[nH]1. The van der Waals surface area contributed by atoms with Crippen LogP contribution in [0.2, 0.25) is 10.0 Å². The summed E-state index contributed by atoms with van der Waals surface area (Å²) in [6.07, 6.45) is 0.161. The summed E-state index contributed by atoms with van der Waals surface area (Å²) in [5.41, 5.74) is 1.23. The van der Waals surface area contributed by atoms with Crippen LogP contribution in [-0.4, -0.2) is 22.5 Å². The maximum atomic E-state index is 13.1. The van der Waals surface area contributed by atoms with Crippen molar-refractivity contribution in [3.05, 3.63) is 58.1 Å². The first-order valence-electron chi connectivity index (χ1n) is 7.50. The van der Waals surface area contributed by atoms with Gasteiger partial charge in [-0.05, 0) is 36.4 Å². The molecular formula is C17H14Cl2FN3O2. The first-order chi connectivity index (χ1) is 12.0. The van der Waals surface area contributed by atoms with E-state index in [0.29, 0.717) is 32.7 Å². The zero-order valence-corrected chi connectivity index (χ0v) is 14.5. The average Bonchev–Trinajstić information content (AvgIpc) is 2.97. The molecule has 2 aromatic carbocycles. The van der Waals surface area contributed by atoms with Crippen molar-refractivity contribution >= 4 is 40.1 Å². The lowest BCUT2D eigenvalue weighted by Gasteiger charge is -2.08. The quantitative estimate of drug-likeness (QED) is 0.675.